The van der Waals surface area contributed by atoms with Crippen molar-refractivity contribution in [3.05, 3.63) is 104 Å². The Labute approximate surface area is 311 Å². The van der Waals surface area contributed by atoms with Gasteiger partial charge in [0.1, 0.15) is 45.7 Å². The van der Waals surface area contributed by atoms with Gasteiger partial charge in [-0.15, -0.1) is 0 Å². The van der Waals surface area contributed by atoms with E-state index in [9.17, 15) is 9.59 Å². The van der Waals surface area contributed by atoms with E-state index in [1.54, 1.807) is 50.9 Å². The zero-order valence-corrected chi connectivity index (χ0v) is 29.6. The summed E-state index contributed by atoms with van der Waals surface area (Å²) >= 11 is 7.40. The van der Waals surface area contributed by atoms with E-state index in [0.29, 0.717) is 57.7 Å². The molecule has 2 aromatic carbocycles. The molecule has 0 unspecified atom stereocenters. The molecule has 0 N–H and O–H groups in total. The molecule has 252 valence electrons. The summed E-state index contributed by atoms with van der Waals surface area (Å²) in [6.45, 7) is 0.719. The van der Waals surface area contributed by atoms with Crippen molar-refractivity contribution in [2.45, 2.75) is 0 Å². The Bertz CT molecular complexity index is 1930. The van der Waals surface area contributed by atoms with E-state index in [1.165, 1.54) is 23.2 Å². The average Bonchev–Trinajstić information content (AvgIpc) is 3.14. The summed E-state index contributed by atoms with van der Waals surface area (Å²) in [4.78, 5) is 40.4. The van der Waals surface area contributed by atoms with Crippen molar-refractivity contribution >= 4 is 77.3 Å². The monoisotopic (exact) mass is 793 g/mol. The molecule has 0 atom stereocenters. The number of aromatic nitrogens is 4. The minimum absolute atomic E-state index is 0. The molecule has 0 amide bonds. The second-order valence-corrected chi connectivity index (χ2v) is 9.23. The van der Waals surface area contributed by atoms with Crippen LogP contribution in [0.5, 0.6) is 23.0 Å². The molecule has 16 heteroatoms. The first kappa shape index (κ1) is 40.1. The van der Waals surface area contributed by atoms with Crippen LogP contribution in [0.3, 0.4) is 0 Å². The first-order valence-corrected chi connectivity index (χ1v) is 14.6. The van der Waals surface area contributed by atoms with Crippen molar-refractivity contribution in [3.8, 4) is 33.8 Å². The number of thiocyanates is 2. The number of nitriles is 2. The van der Waals surface area contributed by atoms with Crippen molar-refractivity contribution in [1.82, 2.24) is 19.9 Å². The Balaban J connectivity index is 0.000000297. The average molecular weight is 793 g/mol. The molecule has 0 spiro atoms. The molecule has 0 bridgehead atoms. The zero-order chi connectivity index (χ0) is 35.4. The molecule has 4 heterocycles. The van der Waals surface area contributed by atoms with Gasteiger partial charge in [0, 0.05) is 53.8 Å². The number of carbonyl (C=O) groups is 2. The molecular weight excluding hydrogens is 768 g/mol. The molecule has 50 heavy (non-hydrogen) atoms. The summed E-state index contributed by atoms with van der Waals surface area (Å²) in [5, 5.41) is 18.2. The third-order valence-corrected chi connectivity index (χ3v) is 6.24. The quantitative estimate of drug-likeness (QED) is 0.0561. The number of hydrogen-bond acceptors (Lipinski definition) is 15. The summed E-state index contributed by atoms with van der Waals surface area (Å²) in [6, 6.07) is 23.8. The standard InChI is InChI=1S/C18H17N3O2.C14H8N2O4.2CHNS.Ru/c1-22-15-11-14(12-16(13-15)23-2)21(17-7-3-5-9-19-17)18-8-4-6-10-20-18;17-7-19-11-3-5-15-13-9(11)1-2-10-12(20-8-18)4-6-16-14(10)13;2*2-1-3;/h3-13H,1-2H3;1-8H;2*3H;/q;;;;+2/p-2. The fourth-order valence-electron chi connectivity index (χ4n) is 4.36. The third kappa shape index (κ3) is 10.7. The molecule has 0 aliphatic rings. The van der Waals surface area contributed by atoms with Gasteiger partial charge in [-0.3, -0.25) is 24.5 Å². The van der Waals surface area contributed by atoms with Crippen molar-refractivity contribution in [2.24, 2.45) is 0 Å². The van der Waals surface area contributed by atoms with E-state index in [1.807, 2.05) is 59.5 Å². The number of ether oxygens (including phenoxy) is 4. The van der Waals surface area contributed by atoms with Crippen LogP contribution in [0.2, 0.25) is 0 Å². The largest absolute Gasteiger partial charge is 2.00 e. The SMILES string of the molecule is COc1cc(OC)cc(N(c2ccccn2)c2ccccn2)c1.N#C[S-].N#C[S-].O=COc1ccnc2c1ccc1c(OC=O)ccnc12.[Ru+2]. The maximum absolute atomic E-state index is 10.5. The van der Waals surface area contributed by atoms with Gasteiger partial charge in [0.25, 0.3) is 12.9 Å². The molecule has 0 saturated carbocycles. The Morgan fingerprint density at radius 2 is 1.06 bits per heavy atom. The van der Waals surface area contributed by atoms with E-state index in [0.717, 1.165) is 17.3 Å². The fraction of sp³-hybridized carbons (Fsp3) is 0.0588. The summed E-state index contributed by atoms with van der Waals surface area (Å²) in [5.74, 6) is 3.74. The molecular formula is C34H25N7O6RuS2. The maximum Gasteiger partial charge on any atom is 2.00 e. The van der Waals surface area contributed by atoms with E-state index in [4.69, 9.17) is 29.5 Å². The number of anilines is 3. The molecule has 13 nitrogen and oxygen atoms in total. The Morgan fingerprint density at radius 1 is 0.640 bits per heavy atom. The van der Waals surface area contributed by atoms with Crippen molar-refractivity contribution < 1.29 is 48.0 Å². The molecule has 0 fully saturated rings. The van der Waals surface area contributed by atoms with E-state index in [-0.39, 0.29) is 19.5 Å². The van der Waals surface area contributed by atoms with Crippen molar-refractivity contribution in [1.29, 1.82) is 10.5 Å². The summed E-state index contributed by atoms with van der Waals surface area (Å²) in [5.41, 5.74) is 2.00. The molecule has 6 rings (SSSR count). The number of methoxy groups -OCH3 is 2. The third-order valence-electron chi connectivity index (χ3n) is 6.24. The van der Waals surface area contributed by atoms with Gasteiger partial charge in [0.05, 0.1) is 19.9 Å². The minimum Gasteiger partial charge on any atom is -0.696 e. The minimum atomic E-state index is 0. The first-order valence-electron chi connectivity index (χ1n) is 13.7. The van der Waals surface area contributed by atoms with Gasteiger partial charge in [0.15, 0.2) is 0 Å². The number of nitrogens with zero attached hydrogens (tertiary/aromatic N) is 7. The van der Waals surface area contributed by atoms with Gasteiger partial charge in [-0.05, 0) is 48.5 Å². The van der Waals surface area contributed by atoms with Gasteiger partial charge in [-0.2, -0.15) is 0 Å². The molecule has 6 aromatic rings. The van der Waals surface area contributed by atoms with Crippen molar-refractivity contribution in [3.63, 3.8) is 0 Å². The van der Waals surface area contributed by atoms with Crippen LogP contribution in [0.25, 0.3) is 21.8 Å². The van der Waals surface area contributed by atoms with E-state index >= 15 is 0 Å². The van der Waals surface area contributed by atoms with Crippen LogP contribution in [0.1, 0.15) is 0 Å². The van der Waals surface area contributed by atoms with Gasteiger partial charge in [0.2, 0.25) is 0 Å². The first-order chi connectivity index (χ1) is 24.0. The smallest absolute Gasteiger partial charge is 0.696 e. The van der Waals surface area contributed by atoms with Crippen LogP contribution in [-0.2, 0) is 54.3 Å². The van der Waals surface area contributed by atoms with Gasteiger partial charge in [-0.25, -0.2) is 20.5 Å². The molecule has 4 aromatic heterocycles. The number of benzene rings is 2. The zero-order valence-electron chi connectivity index (χ0n) is 26.2. The normalized spacial score (nSPS) is 9.12. The number of carbonyl (C=O) groups excluding carboxylic acids is 2. The molecule has 0 aliphatic carbocycles. The van der Waals surface area contributed by atoms with Gasteiger partial charge < -0.3 is 44.2 Å². The van der Waals surface area contributed by atoms with Crippen LogP contribution in [0.15, 0.2) is 104 Å². The van der Waals surface area contributed by atoms with Gasteiger partial charge in [-0.1, -0.05) is 22.9 Å². The second-order valence-electron chi connectivity index (χ2n) is 8.87. The van der Waals surface area contributed by atoms with E-state index in [2.05, 4.69) is 45.2 Å². The fourth-order valence-corrected chi connectivity index (χ4v) is 4.36. The Morgan fingerprint density at radius 3 is 1.40 bits per heavy atom. The summed E-state index contributed by atoms with van der Waals surface area (Å²) in [6.07, 6.45) is 6.55. The van der Waals surface area contributed by atoms with Crippen LogP contribution >= 0.6 is 0 Å². The number of fused-ring (bicyclic) bond motifs is 3. The summed E-state index contributed by atoms with van der Waals surface area (Å²) in [7, 11) is 3.26. The van der Waals surface area contributed by atoms with Crippen molar-refractivity contribution in [2.75, 3.05) is 19.1 Å². The van der Waals surface area contributed by atoms with Crippen LogP contribution in [0.4, 0.5) is 17.3 Å². The van der Waals surface area contributed by atoms with Gasteiger partial charge >= 0.3 is 19.5 Å². The topological polar surface area (TPSA) is 173 Å². The molecule has 0 saturated heterocycles. The summed E-state index contributed by atoms with van der Waals surface area (Å²) < 4.78 is 20.6. The Kier molecular flexibility index (Phi) is 17.4. The maximum atomic E-state index is 10.5. The number of rotatable bonds is 9. The number of hydrogen-bond donors (Lipinski definition) is 0. The Hall–Kier alpha value is -6.06. The number of pyridine rings is 4. The molecule has 0 radical (unpaired) electrons. The molecule has 0 aliphatic heterocycles. The van der Waals surface area contributed by atoms with E-state index < -0.39 is 0 Å². The predicted molar refractivity (Wildman–Crippen MR) is 186 cm³/mol. The van der Waals surface area contributed by atoms with Crippen LogP contribution in [-0.4, -0.2) is 47.1 Å². The predicted octanol–water partition coefficient (Wildman–Crippen LogP) is 5.84. The van der Waals surface area contributed by atoms with Crippen LogP contribution in [0, 0.1) is 21.3 Å². The van der Waals surface area contributed by atoms with Crippen LogP contribution < -0.4 is 23.8 Å². The second kappa shape index (κ2) is 21.7.